The first-order valence-corrected chi connectivity index (χ1v) is 11.4. The first-order valence-electron chi connectivity index (χ1n) is 9.95. The van der Waals surface area contributed by atoms with Crippen molar-refractivity contribution < 1.29 is 8.42 Å². The zero-order valence-electron chi connectivity index (χ0n) is 17.7. The number of nitrogens with zero attached hydrogens (tertiary/aromatic N) is 5. The van der Waals surface area contributed by atoms with Crippen molar-refractivity contribution in [2.75, 3.05) is 4.31 Å². The van der Waals surface area contributed by atoms with Crippen LogP contribution in [0.2, 0.25) is 0 Å². The van der Waals surface area contributed by atoms with Crippen LogP contribution in [0.4, 0.5) is 5.69 Å². The van der Waals surface area contributed by atoms with Gasteiger partial charge >= 0.3 is 0 Å². The molecule has 2 aromatic heterocycles. The smallest absolute Gasteiger partial charge is 0.268 e. The number of benzene rings is 1. The van der Waals surface area contributed by atoms with E-state index in [9.17, 15) is 8.42 Å². The number of sulfonamides is 1. The molecule has 8 heteroatoms. The van der Waals surface area contributed by atoms with Gasteiger partial charge in [0.2, 0.25) is 0 Å². The SMILES string of the molecule is CCn1ccc(CN(c2ccc(C(C)C)cc2)S(=O)(=O)c2cnn(CC)c2C)n1. The molecule has 0 fully saturated rings. The van der Waals surface area contributed by atoms with Gasteiger partial charge in [0.1, 0.15) is 4.90 Å². The van der Waals surface area contributed by atoms with Gasteiger partial charge in [0.05, 0.1) is 29.8 Å². The summed E-state index contributed by atoms with van der Waals surface area (Å²) in [5.74, 6) is 0.374. The van der Waals surface area contributed by atoms with Crippen molar-refractivity contribution in [3.63, 3.8) is 0 Å². The third-order valence-corrected chi connectivity index (χ3v) is 6.98. The van der Waals surface area contributed by atoms with Gasteiger partial charge in [0.25, 0.3) is 10.0 Å². The Labute approximate surface area is 173 Å². The van der Waals surface area contributed by atoms with Crippen LogP contribution in [0, 0.1) is 6.92 Å². The Kier molecular flexibility index (Phi) is 6.12. The maximum Gasteiger partial charge on any atom is 0.268 e. The summed E-state index contributed by atoms with van der Waals surface area (Å²) in [5.41, 5.74) is 3.11. The van der Waals surface area contributed by atoms with E-state index in [1.807, 2.05) is 50.4 Å². The second-order valence-electron chi connectivity index (χ2n) is 7.33. The van der Waals surface area contributed by atoms with Crippen LogP contribution >= 0.6 is 0 Å². The molecule has 3 rings (SSSR count). The first kappa shape index (κ1) is 21.1. The van der Waals surface area contributed by atoms with E-state index in [1.54, 1.807) is 16.3 Å². The summed E-state index contributed by atoms with van der Waals surface area (Å²) < 4.78 is 32.1. The monoisotopic (exact) mass is 415 g/mol. The highest BCUT2D eigenvalue weighted by Crippen LogP contribution is 2.29. The van der Waals surface area contributed by atoms with Crippen LogP contribution in [0.15, 0.2) is 47.6 Å². The molecule has 0 spiro atoms. The van der Waals surface area contributed by atoms with Gasteiger partial charge in [-0.3, -0.25) is 13.7 Å². The summed E-state index contributed by atoms with van der Waals surface area (Å²) in [4.78, 5) is 0.224. The maximum atomic E-state index is 13.6. The first-order chi connectivity index (χ1) is 13.8. The molecular weight excluding hydrogens is 386 g/mol. The highest BCUT2D eigenvalue weighted by molar-refractivity contribution is 7.92. The molecule has 156 valence electrons. The van der Waals surface area contributed by atoms with Crippen molar-refractivity contribution in [1.29, 1.82) is 0 Å². The van der Waals surface area contributed by atoms with Gasteiger partial charge in [-0.2, -0.15) is 10.2 Å². The normalized spacial score (nSPS) is 11.9. The largest absolute Gasteiger partial charge is 0.273 e. The lowest BCUT2D eigenvalue weighted by Gasteiger charge is -2.24. The van der Waals surface area contributed by atoms with Gasteiger partial charge in [0.15, 0.2) is 0 Å². The Balaban J connectivity index is 2.06. The molecule has 3 aromatic rings. The molecule has 0 radical (unpaired) electrons. The number of aryl methyl sites for hydroxylation is 2. The zero-order chi connectivity index (χ0) is 21.2. The molecule has 0 aliphatic carbocycles. The molecule has 0 saturated carbocycles. The Morgan fingerprint density at radius 2 is 1.76 bits per heavy atom. The Bertz CT molecular complexity index is 1060. The summed E-state index contributed by atoms with van der Waals surface area (Å²) in [7, 11) is -3.80. The number of hydrogen-bond acceptors (Lipinski definition) is 4. The van der Waals surface area contributed by atoms with Crippen molar-refractivity contribution in [2.45, 2.75) is 65.1 Å². The molecule has 0 aliphatic heterocycles. The predicted molar refractivity (Wildman–Crippen MR) is 114 cm³/mol. The molecule has 0 aliphatic rings. The zero-order valence-corrected chi connectivity index (χ0v) is 18.5. The van der Waals surface area contributed by atoms with E-state index in [0.29, 0.717) is 29.5 Å². The average Bonchev–Trinajstić information content (AvgIpc) is 3.32. The minimum atomic E-state index is -3.80. The van der Waals surface area contributed by atoms with Gasteiger partial charge in [-0.25, -0.2) is 8.42 Å². The molecular formula is C21H29N5O2S. The van der Waals surface area contributed by atoms with Crippen LogP contribution in [0.3, 0.4) is 0 Å². The van der Waals surface area contributed by atoms with E-state index in [4.69, 9.17) is 0 Å². The van der Waals surface area contributed by atoms with Crippen molar-refractivity contribution in [3.05, 3.63) is 59.7 Å². The number of hydrogen-bond donors (Lipinski definition) is 0. The van der Waals surface area contributed by atoms with E-state index < -0.39 is 10.0 Å². The van der Waals surface area contributed by atoms with Crippen LogP contribution < -0.4 is 4.31 Å². The lowest BCUT2D eigenvalue weighted by Crippen LogP contribution is -2.31. The van der Waals surface area contributed by atoms with Crippen LogP contribution in [0.5, 0.6) is 0 Å². The molecule has 0 bridgehead atoms. The molecule has 29 heavy (non-hydrogen) atoms. The van der Waals surface area contributed by atoms with E-state index in [1.165, 1.54) is 10.5 Å². The molecule has 0 amide bonds. The van der Waals surface area contributed by atoms with E-state index in [2.05, 4.69) is 24.0 Å². The predicted octanol–water partition coefficient (Wildman–Crippen LogP) is 3.95. The Hall–Kier alpha value is -2.61. The summed E-state index contributed by atoms with van der Waals surface area (Å²) >= 11 is 0. The van der Waals surface area contributed by atoms with Crippen LogP contribution in [0.1, 0.15) is 50.6 Å². The molecule has 0 N–H and O–H groups in total. The van der Waals surface area contributed by atoms with Gasteiger partial charge < -0.3 is 0 Å². The van der Waals surface area contributed by atoms with Crippen molar-refractivity contribution in [2.24, 2.45) is 0 Å². The standard InChI is InChI=1S/C21H29N5O2S/c1-6-24-13-12-19(23-24)15-26(20-10-8-18(9-11-20)16(3)4)29(27,28)21-14-22-25(7-2)17(21)5/h8-14,16H,6-7,15H2,1-5H3. The second-order valence-corrected chi connectivity index (χ2v) is 9.16. The summed E-state index contributed by atoms with van der Waals surface area (Å²) in [5, 5.41) is 8.71. The highest BCUT2D eigenvalue weighted by atomic mass is 32.2. The average molecular weight is 416 g/mol. The van der Waals surface area contributed by atoms with E-state index >= 15 is 0 Å². The number of aromatic nitrogens is 4. The van der Waals surface area contributed by atoms with Crippen molar-refractivity contribution in [3.8, 4) is 0 Å². The highest BCUT2D eigenvalue weighted by Gasteiger charge is 2.29. The topological polar surface area (TPSA) is 73.0 Å². The van der Waals surface area contributed by atoms with Gasteiger partial charge in [-0.1, -0.05) is 26.0 Å². The Morgan fingerprint density at radius 1 is 1.07 bits per heavy atom. The fourth-order valence-corrected chi connectivity index (χ4v) is 4.87. The van der Waals surface area contributed by atoms with Crippen LogP contribution in [-0.2, 0) is 29.7 Å². The summed E-state index contributed by atoms with van der Waals surface area (Å²) in [6.07, 6.45) is 3.30. The van der Waals surface area contributed by atoms with Gasteiger partial charge in [-0.05, 0) is 50.5 Å². The Morgan fingerprint density at radius 3 is 2.28 bits per heavy atom. The molecule has 0 atom stereocenters. The summed E-state index contributed by atoms with van der Waals surface area (Å²) in [6, 6.07) is 9.55. The fraction of sp³-hybridized carbons (Fsp3) is 0.429. The van der Waals surface area contributed by atoms with Gasteiger partial charge in [-0.15, -0.1) is 0 Å². The summed E-state index contributed by atoms with van der Waals surface area (Å²) in [6.45, 7) is 11.5. The number of rotatable bonds is 8. The molecule has 0 saturated heterocycles. The third-order valence-electron chi connectivity index (χ3n) is 5.10. The molecule has 1 aromatic carbocycles. The number of anilines is 1. The fourth-order valence-electron chi connectivity index (χ4n) is 3.27. The van der Waals surface area contributed by atoms with Crippen LogP contribution in [-0.4, -0.2) is 28.0 Å². The molecule has 2 heterocycles. The van der Waals surface area contributed by atoms with Crippen LogP contribution in [0.25, 0.3) is 0 Å². The van der Waals surface area contributed by atoms with E-state index in [0.717, 1.165) is 12.1 Å². The lowest BCUT2D eigenvalue weighted by atomic mass is 10.0. The van der Waals surface area contributed by atoms with Crippen molar-refractivity contribution >= 4 is 15.7 Å². The third kappa shape index (κ3) is 4.22. The minimum Gasteiger partial charge on any atom is -0.273 e. The quantitative estimate of drug-likeness (QED) is 0.558. The second kappa shape index (κ2) is 8.41. The lowest BCUT2D eigenvalue weighted by molar-refractivity contribution is 0.586. The maximum absolute atomic E-state index is 13.6. The minimum absolute atomic E-state index is 0.160. The molecule has 0 unspecified atom stereocenters. The van der Waals surface area contributed by atoms with Crippen molar-refractivity contribution in [1.82, 2.24) is 19.6 Å². The van der Waals surface area contributed by atoms with E-state index in [-0.39, 0.29) is 11.4 Å². The van der Waals surface area contributed by atoms with Gasteiger partial charge in [0, 0.05) is 19.3 Å². The molecule has 7 nitrogen and oxygen atoms in total.